The lowest BCUT2D eigenvalue weighted by Crippen LogP contribution is -2.48. The summed E-state index contributed by atoms with van der Waals surface area (Å²) >= 11 is 0. The Bertz CT molecular complexity index is 933. The third-order valence-electron chi connectivity index (χ3n) is 5.17. The number of urea groups is 1. The number of amides is 4. The van der Waals surface area contributed by atoms with Crippen molar-refractivity contribution in [1.82, 2.24) is 15.8 Å². The molecule has 2 aromatic rings. The molecule has 3 atom stereocenters. The fourth-order valence-corrected chi connectivity index (χ4v) is 3.49. The minimum absolute atomic E-state index is 0.109. The highest BCUT2D eigenvalue weighted by Crippen LogP contribution is 2.47. The summed E-state index contributed by atoms with van der Waals surface area (Å²) in [4.78, 5) is 37.6. The van der Waals surface area contributed by atoms with Gasteiger partial charge in [-0.05, 0) is 42.5 Å². The first-order valence-corrected chi connectivity index (χ1v) is 8.68. The van der Waals surface area contributed by atoms with Crippen LogP contribution < -0.4 is 10.7 Å². The van der Waals surface area contributed by atoms with Gasteiger partial charge in [0.2, 0.25) is 5.91 Å². The molecule has 138 valence electrons. The molecular formula is C20H18FN3O3. The van der Waals surface area contributed by atoms with E-state index in [-0.39, 0.29) is 11.7 Å². The van der Waals surface area contributed by atoms with Gasteiger partial charge in [-0.25, -0.2) is 9.18 Å². The molecule has 2 aromatic carbocycles. The Kier molecular flexibility index (Phi) is 3.95. The van der Waals surface area contributed by atoms with Crippen LogP contribution in [0.1, 0.15) is 30.4 Å². The first-order valence-electron chi connectivity index (χ1n) is 8.68. The molecule has 7 heteroatoms. The number of nitrogens with zero attached hydrogens (tertiary/aromatic N) is 1. The maximum absolute atomic E-state index is 13.4. The van der Waals surface area contributed by atoms with Gasteiger partial charge < -0.3 is 5.32 Å². The van der Waals surface area contributed by atoms with E-state index in [4.69, 9.17) is 0 Å². The average molecular weight is 367 g/mol. The molecule has 1 heterocycles. The normalized spacial score (nSPS) is 26.7. The Morgan fingerprint density at radius 2 is 1.93 bits per heavy atom. The van der Waals surface area contributed by atoms with Gasteiger partial charge in [-0.1, -0.05) is 42.5 Å². The van der Waals surface area contributed by atoms with Gasteiger partial charge in [-0.2, -0.15) is 5.01 Å². The predicted molar refractivity (Wildman–Crippen MR) is 94.6 cm³/mol. The van der Waals surface area contributed by atoms with Crippen molar-refractivity contribution in [3.05, 3.63) is 71.5 Å². The lowest BCUT2D eigenvalue weighted by atomic mass is 9.92. The zero-order chi connectivity index (χ0) is 19.2. The summed E-state index contributed by atoms with van der Waals surface area (Å²) < 4.78 is 13.4. The van der Waals surface area contributed by atoms with Crippen molar-refractivity contribution in [2.45, 2.75) is 24.8 Å². The van der Waals surface area contributed by atoms with E-state index in [1.807, 2.05) is 6.07 Å². The summed E-state index contributed by atoms with van der Waals surface area (Å²) in [5.41, 5.74) is 2.55. The summed E-state index contributed by atoms with van der Waals surface area (Å²) in [7, 11) is 0. The van der Waals surface area contributed by atoms with Crippen LogP contribution in [0.4, 0.5) is 9.18 Å². The molecule has 1 aliphatic heterocycles. The molecule has 1 saturated heterocycles. The number of benzene rings is 2. The highest BCUT2D eigenvalue weighted by Gasteiger charge is 2.52. The SMILES string of the molecule is C[C@]1(c2ccccc2)NC(=O)N(NC(=O)[C@@H]2C[C@@H]2c2cccc(F)c2)C1=O. The summed E-state index contributed by atoms with van der Waals surface area (Å²) in [5, 5.41) is 3.37. The molecule has 2 N–H and O–H groups in total. The molecule has 4 amide bonds. The van der Waals surface area contributed by atoms with Crippen molar-refractivity contribution in [1.29, 1.82) is 0 Å². The van der Waals surface area contributed by atoms with Gasteiger partial charge >= 0.3 is 6.03 Å². The van der Waals surface area contributed by atoms with E-state index in [0.717, 1.165) is 10.6 Å². The van der Waals surface area contributed by atoms with Crippen molar-refractivity contribution >= 4 is 17.8 Å². The standard InChI is InChI=1S/C20H18FN3O3/c1-20(13-7-3-2-4-8-13)18(26)24(19(27)22-20)23-17(25)16-11-15(16)12-6-5-9-14(21)10-12/h2-10,15-16H,11H2,1H3,(H,22,27)(H,23,25)/t15-,16-,20-/m1/s1. The van der Waals surface area contributed by atoms with Crippen LogP contribution in [0.5, 0.6) is 0 Å². The summed E-state index contributed by atoms with van der Waals surface area (Å²) in [6, 6.07) is 14.3. The topological polar surface area (TPSA) is 78.5 Å². The molecule has 2 fully saturated rings. The number of hydrazine groups is 1. The molecule has 1 aliphatic carbocycles. The van der Waals surface area contributed by atoms with Gasteiger partial charge in [0.15, 0.2) is 0 Å². The maximum atomic E-state index is 13.4. The number of hydrogen-bond donors (Lipinski definition) is 2. The molecule has 0 radical (unpaired) electrons. The van der Waals surface area contributed by atoms with Crippen molar-refractivity contribution in [2.24, 2.45) is 5.92 Å². The van der Waals surface area contributed by atoms with Gasteiger partial charge in [0, 0.05) is 5.92 Å². The molecule has 2 aliphatic rings. The minimum Gasteiger partial charge on any atom is -0.318 e. The number of hydrogen-bond acceptors (Lipinski definition) is 3. The van der Waals surface area contributed by atoms with Crippen LogP contribution in [0.2, 0.25) is 0 Å². The van der Waals surface area contributed by atoms with Gasteiger partial charge in [0.05, 0.1) is 0 Å². The van der Waals surface area contributed by atoms with Crippen molar-refractivity contribution in [2.75, 3.05) is 0 Å². The largest absolute Gasteiger partial charge is 0.344 e. The quantitative estimate of drug-likeness (QED) is 0.815. The van der Waals surface area contributed by atoms with Crippen LogP contribution in [0.3, 0.4) is 0 Å². The Hall–Kier alpha value is -3.22. The maximum Gasteiger partial charge on any atom is 0.344 e. The fourth-order valence-electron chi connectivity index (χ4n) is 3.49. The third kappa shape index (κ3) is 2.95. The predicted octanol–water partition coefficient (Wildman–Crippen LogP) is 2.43. The smallest absolute Gasteiger partial charge is 0.318 e. The van der Waals surface area contributed by atoms with E-state index in [2.05, 4.69) is 10.7 Å². The average Bonchev–Trinajstić information content (AvgIpc) is 3.43. The van der Waals surface area contributed by atoms with Gasteiger partial charge in [0.25, 0.3) is 5.91 Å². The third-order valence-corrected chi connectivity index (χ3v) is 5.17. The first kappa shape index (κ1) is 17.2. The van der Waals surface area contributed by atoms with Crippen LogP contribution in [-0.4, -0.2) is 22.9 Å². The van der Waals surface area contributed by atoms with E-state index in [0.29, 0.717) is 12.0 Å². The second kappa shape index (κ2) is 6.19. The molecular weight excluding hydrogens is 349 g/mol. The molecule has 1 saturated carbocycles. The molecule has 4 rings (SSSR count). The van der Waals surface area contributed by atoms with Crippen LogP contribution >= 0.6 is 0 Å². The lowest BCUT2D eigenvalue weighted by Gasteiger charge is -2.22. The number of rotatable bonds is 4. The monoisotopic (exact) mass is 367 g/mol. The highest BCUT2D eigenvalue weighted by molar-refractivity contribution is 6.08. The van der Waals surface area contributed by atoms with Crippen molar-refractivity contribution in [3.8, 4) is 0 Å². The summed E-state index contributed by atoms with van der Waals surface area (Å²) in [6.07, 6.45) is 0.550. The van der Waals surface area contributed by atoms with Crippen molar-refractivity contribution < 1.29 is 18.8 Å². The van der Waals surface area contributed by atoms with Gasteiger partial charge in [-0.15, -0.1) is 0 Å². The Morgan fingerprint density at radius 1 is 1.19 bits per heavy atom. The molecule has 6 nitrogen and oxygen atoms in total. The second-order valence-corrected chi connectivity index (χ2v) is 7.04. The second-order valence-electron chi connectivity index (χ2n) is 7.04. The summed E-state index contributed by atoms with van der Waals surface area (Å²) in [6.45, 7) is 1.60. The lowest BCUT2D eigenvalue weighted by molar-refractivity contribution is -0.139. The number of imide groups is 1. The van der Waals surface area contributed by atoms with Crippen LogP contribution in [-0.2, 0) is 15.1 Å². The molecule has 0 bridgehead atoms. The van der Waals surface area contributed by atoms with E-state index < -0.39 is 29.3 Å². The molecule has 0 aromatic heterocycles. The summed E-state index contributed by atoms with van der Waals surface area (Å²) in [5.74, 6) is -1.83. The zero-order valence-corrected chi connectivity index (χ0v) is 14.6. The number of carbonyl (C=O) groups excluding carboxylic acids is 3. The van der Waals surface area contributed by atoms with E-state index in [9.17, 15) is 18.8 Å². The van der Waals surface area contributed by atoms with Gasteiger partial charge in [-0.3, -0.25) is 15.0 Å². The van der Waals surface area contributed by atoms with E-state index in [1.165, 1.54) is 12.1 Å². The van der Waals surface area contributed by atoms with Crippen molar-refractivity contribution in [3.63, 3.8) is 0 Å². The number of nitrogens with one attached hydrogen (secondary N) is 2. The minimum atomic E-state index is -1.24. The molecule has 0 spiro atoms. The van der Waals surface area contributed by atoms with Crippen LogP contribution in [0, 0.1) is 11.7 Å². The van der Waals surface area contributed by atoms with Crippen LogP contribution in [0.25, 0.3) is 0 Å². The zero-order valence-electron chi connectivity index (χ0n) is 14.6. The number of halogens is 1. The van der Waals surface area contributed by atoms with Gasteiger partial charge in [0.1, 0.15) is 11.4 Å². The Labute approximate surface area is 155 Å². The first-order chi connectivity index (χ1) is 12.9. The Balaban J connectivity index is 1.46. The molecule has 27 heavy (non-hydrogen) atoms. The van der Waals surface area contributed by atoms with Crippen LogP contribution in [0.15, 0.2) is 54.6 Å². The number of carbonyl (C=O) groups is 3. The van der Waals surface area contributed by atoms with E-state index in [1.54, 1.807) is 43.3 Å². The Morgan fingerprint density at radius 3 is 2.63 bits per heavy atom. The highest BCUT2D eigenvalue weighted by atomic mass is 19.1. The fraction of sp³-hybridized carbons (Fsp3) is 0.250. The van der Waals surface area contributed by atoms with E-state index >= 15 is 0 Å². The molecule has 0 unspecified atom stereocenters.